The molecule has 0 spiro atoms. The van der Waals surface area contributed by atoms with Crippen molar-refractivity contribution in [1.82, 2.24) is 0 Å². The van der Waals surface area contributed by atoms with Crippen molar-refractivity contribution >= 4 is 11.8 Å². The molecule has 0 bridgehead atoms. The molecule has 0 aliphatic carbocycles. The van der Waals surface area contributed by atoms with Gasteiger partial charge in [0.05, 0.1) is 17.2 Å². The van der Waals surface area contributed by atoms with Gasteiger partial charge in [0.2, 0.25) is 0 Å². The lowest BCUT2D eigenvalue weighted by molar-refractivity contribution is 0.0187. The summed E-state index contributed by atoms with van der Waals surface area (Å²) in [6, 6.07) is 6.38. The van der Waals surface area contributed by atoms with Crippen LogP contribution in [0.5, 0.6) is 11.5 Å². The van der Waals surface area contributed by atoms with Gasteiger partial charge in [-0.1, -0.05) is 6.07 Å². The average molecular weight is 375 g/mol. The molecule has 0 N–H and O–H groups in total. The van der Waals surface area contributed by atoms with Crippen LogP contribution in [0.1, 0.15) is 29.3 Å². The zero-order valence-electron chi connectivity index (χ0n) is 12.1. The van der Waals surface area contributed by atoms with Gasteiger partial charge in [-0.05, 0) is 30.0 Å². The number of nitrogens with zero attached hydrogens (tertiary/aromatic N) is 1. The van der Waals surface area contributed by atoms with E-state index in [0.29, 0.717) is 0 Å². The summed E-state index contributed by atoms with van der Waals surface area (Å²) in [4.78, 5) is -0.595. The van der Waals surface area contributed by atoms with Crippen LogP contribution in [0.25, 0.3) is 0 Å². The summed E-state index contributed by atoms with van der Waals surface area (Å²) in [5.74, 6) is -1.61. The fourth-order valence-electron chi connectivity index (χ4n) is 2.39. The van der Waals surface area contributed by atoms with Gasteiger partial charge < -0.3 is 4.74 Å². The molecule has 25 heavy (non-hydrogen) atoms. The summed E-state index contributed by atoms with van der Waals surface area (Å²) in [6.45, 7) is 0. The molecule has 130 valence electrons. The summed E-state index contributed by atoms with van der Waals surface area (Å²) in [6.07, 6.45) is -5.93. The van der Waals surface area contributed by atoms with E-state index in [0.717, 1.165) is 30.3 Å². The van der Waals surface area contributed by atoms with Gasteiger partial charge in [-0.25, -0.2) is 17.6 Å². The molecule has 0 saturated carbocycles. The molecule has 1 aliphatic rings. The van der Waals surface area contributed by atoms with E-state index in [4.69, 9.17) is 10.00 Å². The van der Waals surface area contributed by atoms with Crippen LogP contribution in [0.4, 0.5) is 26.3 Å². The number of alkyl halides is 5. The highest BCUT2D eigenvalue weighted by Gasteiger charge is 2.51. The largest absolute Gasteiger partial charge is 0.457 e. The van der Waals surface area contributed by atoms with Crippen LogP contribution in [0.3, 0.4) is 0 Å². The molecule has 3 rings (SSSR count). The molecule has 0 radical (unpaired) electrons. The first-order chi connectivity index (χ1) is 11.7. The summed E-state index contributed by atoms with van der Waals surface area (Å²) in [5.41, 5.74) is -1.56. The fraction of sp³-hybridized carbons (Fsp3) is 0.188. The van der Waals surface area contributed by atoms with E-state index in [1.807, 2.05) is 0 Å². The number of thioether (sulfide) groups is 1. The second-order valence-corrected chi connectivity index (χ2v) is 6.27. The first-order valence-electron chi connectivity index (χ1n) is 6.77. The van der Waals surface area contributed by atoms with E-state index in [-0.39, 0.29) is 23.1 Å². The van der Waals surface area contributed by atoms with Crippen molar-refractivity contribution in [1.29, 1.82) is 5.26 Å². The molecule has 0 amide bonds. The number of halogens is 6. The number of hydrogen-bond donors (Lipinski definition) is 0. The molecule has 2 aromatic carbocycles. The zero-order valence-corrected chi connectivity index (χ0v) is 12.9. The SMILES string of the molecule is N#Cc1cc(F)cc(Oc2ccc3c(c2C(F)F)SC(F)(F)[C@H]3F)c1. The lowest BCUT2D eigenvalue weighted by Crippen LogP contribution is -2.11. The van der Waals surface area contributed by atoms with Gasteiger partial charge in [0.25, 0.3) is 6.43 Å². The molecule has 9 heteroatoms. The standard InChI is InChI=1S/C16H7F6NOS/c17-8-3-7(6-23)4-9(5-8)24-11-2-1-10-13(12(11)15(19)20)25-16(21,22)14(10)18/h1-5,14-15H/t14-/m0/s1. The van der Waals surface area contributed by atoms with Crippen LogP contribution in [0, 0.1) is 17.1 Å². The van der Waals surface area contributed by atoms with Crippen LogP contribution >= 0.6 is 11.8 Å². The predicted molar refractivity (Wildman–Crippen MR) is 77.2 cm³/mol. The van der Waals surface area contributed by atoms with Gasteiger partial charge in [-0.2, -0.15) is 14.0 Å². The number of ether oxygens (including phenoxy) is 1. The Bertz CT molecular complexity index is 880. The van der Waals surface area contributed by atoms with E-state index in [2.05, 4.69) is 0 Å². The first-order valence-corrected chi connectivity index (χ1v) is 7.59. The molecule has 0 unspecified atom stereocenters. The van der Waals surface area contributed by atoms with Crippen molar-refractivity contribution in [2.75, 3.05) is 0 Å². The Kier molecular flexibility index (Phi) is 4.33. The van der Waals surface area contributed by atoms with Crippen molar-refractivity contribution in [2.24, 2.45) is 0 Å². The van der Waals surface area contributed by atoms with Gasteiger partial charge in [-0.15, -0.1) is 0 Å². The third-order valence-corrected chi connectivity index (χ3v) is 4.58. The van der Waals surface area contributed by atoms with E-state index >= 15 is 0 Å². The Labute approximate surface area is 142 Å². The number of hydrogen-bond acceptors (Lipinski definition) is 3. The summed E-state index contributed by atoms with van der Waals surface area (Å²) in [7, 11) is 0. The van der Waals surface area contributed by atoms with E-state index < -0.39 is 45.4 Å². The monoisotopic (exact) mass is 375 g/mol. The third kappa shape index (κ3) is 3.14. The normalized spacial score (nSPS) is 18.1. The smallest absolute Gasteiger partial charge is 0.333 e. The number of nitriles is 1. The van der Waals surface area contributed by atoms with E-state index in [9.17, 15) is 26.3 Å². The van der Waals surface area contributed by atoms with Gasteiger partial charge in [-0.3, -0.25) is 0 Å². The van der Waals surface area contributed by atoms with Crippen LogP contribution in [0.15, 0.2) is 35.2 Å². The van der Waals surface area contributed by atoms with Gasteiger partial charge in [0.15, 0.2) is 6.17 Å². The molecule has 2 nitrogen and oxygen atoms in total. The van der Waals surface area contributed by atoms with Crippen molar-refractivity contribution in [3.8, 4) is 17.6 Å². The van der Waals surface area contributed by atoms with Crippen molar-refractivity contribution in [3.63, 3.8) is 0 Å². The maximum Gasteiger partial charge on any atom is 0.333 e. The first kappa shape index (κ1) is 17.5. The maximum absolute atomic E-state index is 13.7. The highest BCUT2D eigenvalue weighted by atomic mass is 32.2. The maximum atomic E-state index is 13.7. The van der Waals surface area contributed by atoms with E-state index in [1.165, 1.54) is 0 Å². The number of fused-ring (bicyclic) bond motifs is 1. The Balaban J connectivity index is 2.07. The lowest BCUT2D eigenvalue weighted by atomic mass is 10.1. The Morgan fingerprint density at radius 3 is 2.56 bits per heavy atom. The quantitative estimate of drug-likeness (QED) is 0.605. The molecule has 0 aromatic heterocycles. The van der Waals surface area contributed by atoms with Crippen LogP contribution < -0.4 is 4.74 Å². The van der Waals surface area contributed by atoms with Crippen molar-refractivity contribution in [3.05, 3.63) is 52.8 Å². The molecular weight excluding hydrogens is 368 g/mol. The Morgan fingerprint density at radius 2 is 1.92 bits per heavy atom. The summed E-state index contributed by atoms with van der Waals surface area (Å²) < 4.78 is 86.1. The van der Waals surface area contributed by atoms with Crippen LogP contribution in [-0.4, -0.2) is 5.25 Å². The van der Waals surface area contributed by atoms with Gasteiger partial charge in [0.1, 0.15) is 17.3 Å². The minimum Gasteiger partial charge on any atom is -0.457 e. The van der Waals surface area contributed by atoms with Crippen LogP contribution in [0.2, 0.25) is 0 Å². The number of benzene rings is 2. The average Bonchev–Trinajstić information content (AvgIpc) is 2.75. The summed E-state index contributed by atoms with van der Waals surface area (Å²) >= 11 is -0.303. The third-order valence-electron chi connectivity index (χ3n) is 3.44. The minimum absolute atomic E-state index is 0.112. The van der Waals surface area contributed by atoms with Crippen molar-refractivity contribution in [2.45, 2.75) is 22.7 Å². The second-order valence-electron chi connectivity index (χ2n) is 5.11. The van der Waals surface area contributed by atoms with Gasteiger partial charge in [0, 0.05) is 16.5 Å². The lowest BCUT2D eigenvalue weighted by Gasteiger charge is -2.14. The minimum atomic E-state index is -3.86. The highest BCUT2D eigenvalue weighted by Crippen LogP contribution is 2.59. The molecule has 0 saturated heterocycles. The highest BCUT2D eigenvalue weighted by molar-refractivity contribution is 8.00. The summed E-state index contributed by atoms with van der Waals surface area (Å²) in [5, 5.41) is 4.92. The Hall–Kier alpha value is -2.34. The molecular formula is C16H7F6NOS. The van der Waals surface area contributed by atoms with Gasteiger partial charge >= 0.3 is 5.25 Å². The topological polar surface area (TPSA) is 33.0 Å². The molecule has 1 atom stereocenters. The fourth-order valence-corrected chi connectivity index (χ4v) is 3.48. The zero-order chi connectivity index (χ0) is 18.4. The van der Waals surface area contributed by atoms with Crippen LogP contribution in [-0.2, 0) is 0 Å². The Morgan fingerprint density at radius 1 is 1.20 bits per heavy atom. The number of rotatable bonds is 3. The molecule has 0 fully saturated rings. The molecule has 2 aromatic rings. The molecule has 1 aliphatic heterocycles. The molecule has 1 heterocycles. The van der Waals surface area contributed by atoms with E-state index in [1.54, 1.807) is 6.07 Å². The predicted octanol–water partition coefficient (Wildman–Crippen LogP) is 6.14. The second kappa shape index (κ2) is 6.19. The van der Waals surface area contributed by atoms with Crippen molar-refractivity contribution < 1.29 is 31.1 Å².